The second-order valence-corrected chi connectivity index (χ2v) is 3.77. The van der Waals surface area contributed by atoms with E-state index < -0.39 is 0 Å². The van der Waals surface area contributed by atoms with Crippen LogP contribution in [-0.4, -0.2) is 30.8 Å². The normalized spacial score (nSPS) is 20.4. The van der Waals surface area contributed by atoms with Gasteiger partial charge in [0, 0.05) is 6.04 Å². The van der Waals surface area contributed by atoms with Gasteiger partial charge in [0.1, 0.15) is 0 Å². The number of carbonyl (C=O) groups is 1. The molecule has 0 aromatic rings. The Hall–Kier alpha value is -0.220. The molecule has 3 nitrogen and oxygen atoms in total. The zero-order valence-corrected chi connectivity index (χ0v) is 8.78. The number of nitrogens with one attached hydrogen (secondary N) is 2. The summed E-state index contributed by atoms with van der Waals surface area (Å²) in [5.74, 6) is 0.358. The number of hydrogen-bond acceptors (Lipinski definition) is 3. The van der Waals surface area contributed by atoms with Crippen molar-refractivity contribution in [3.05, 3.63) is 0 Å². The smallest absolute Gasteiger partial charge is 0.229 e. The van der Waals surface area contributed by atoms with Gasteiger partial charge in [-0.1, -0.05) is 0 Å². The largest absolute Gasteiger partial charge is 0.353 e. The molecule has 0 bridgehead atoms. The van der Waals surface area contributed by atoms with Gasteiger partial charge in [-0.2, -0.15) is 12.6 Å². The molecule has 0 unspecified atom stereocenters. The van der Waals surface area contributed by atoms with E-state index in [1.165, 1.54) is 0 Å². The van der Waals surface area contributed by atoms with Crippen LogP contribution in [0.1, 0.15) is 25.7 Å². The summed E-state index contributed by atoms with van der Waals surface area (Å²) in [5.41, 5.74) is 0. The summed E-state index contributed by atoms with van der Waals surface area (Å²) in [6, 6.07) is 0.377. The van der Waals surface area contributed by atoms with Gasteiger partial charge in [0.2, 0.25) is 5.91 Å². The van der Waals surface area contributed by atoms with E-state index in [0.29, 0.717) is 11.8 Å². The Morgan fingerprint density at radius 2 is 2.00 bits per heavy atom. The standard InChI is InChI=1S/C9H18N2OS/c12-9(7-13)11-8-3-1-5-10-6-2-4-8/h8,10,13H,1-7H2,(H,11,12). The van der Waals surface area contributed by atoms with Gasteiger partial charge in [0.05, 0.1) is 5.75 Å². The summed E-state index contributed by atoms with van der Waals surface area (Å²) >= 11 is 3.94. The molecule has 1 fully saturated rings. The second-order valence-electron chi connectivity index (χ2n) is 3.46. The van der Waals surface area contributed by atoms with E-state index in [2.05, 4.69) is 23.3 Å². The third-order valence-corrected chi connectivity index (χ3v) is 2.61. The monoisotopic (exact) mass is 202 g/mol. The Kier molecular flexibility index (Phi) is 5.23. The fourth-order valence-electron chi connectivity index (χ4n) is 1.63. The molecule has 0 spiro atoms. The maximum atomic E-state index is 11.1. The molecule has 13 heavy (non-hydrogen) atoms. The van der Waals surface area contributed by atoms with Crippen LogP contribution in [0.5, 0.6) is 0 Å². The minimum Gasteiger partial charge on any atom is -0.353 e. The molecule has 2 N–H and O–H groups in total. The molecule has 0 atom stereocenters. The number of carbonyl (C=O) groups excluding carboxylic acids is 1. The van der Waals surface area contributed by atoms with Crippen molar-refractivity contribution in [3.8, 4) is 0 Å². The minimum atomic E-state index is 0.0573. The Bertz CT molecular complexity index is 156. The summed E-state index contributed by atoms with van der Waals surface area (Å²) in [7, 11) is 0. The van der Waals surface area contributed by atoms with Crippen LogP contribution in [0.2, 0.25) is 0 Å². The first-order valence-corrected chi connectivity index (χ1v) is 5.57. The van der Waals surface area contributed by atoms with E-state index in [1.807, 2.05) is 0 Å². The molecule has 0 radical (unpaired) electrons. The third-order valence-electron chi connectivity index (χ3n) is 2.32. The maximum absolute atomic E-state index is 11.1. The molecule has 1 amide bonds. The molecule has 1 saturated heterocycles. The van der Waals surface area contributed by atoms with Crippen molar-refractivity contribution < 1.29 is 4.79 Å². The highest BCUT2D eigenvalue weighted by Crippen LogP contribution is 2.06. The lowest BCUT2D eigenvalue weighted by Gasteiger charge is -2.21. The molecule has 0 aliphatic carbocycles. The number of amides is 1. The summed E-state index contributed by atoms with van der Waals surface area (Å²) in [6.45, 7) is 2.15. The van der Waals surface area contributed by atoms with E-state index in [0.717, 1.165) is 38.8 Å². The average Bonchev–Trinajstić information content (AvgIpc) is 2.09. The second kappa shape index (κ2) is 6.27. The van der Waals surface area contributed by atoms with E-state index in [1.54, 1.807) is 0 Å². The Balaban J connectivity index is 2.25. The lowest BCUT2D eigenvalue weighted by atomic mass is 10.0. The highest BCUT2D eigenvalue weighted by atomic mass is 32.1. The van der Waals surface area contributed by atoms with Crippen molar-refractivity contribution in [2.24, 2.45) is 0 Å². The lowest BCUT2D eigenvalue weighted by Crippen LogP contribution is -2.38. The summed E-state index contributed by atoms with van der Waals surface area (Å²) < 4.78 is 0. The van der Waals surface area contributed by atoms with Gasteiger partial charge in [0.15, 0.2) is 0 Å². The fourth-order valence-corrected chi connectivity index (χ4v) is 1.73. The first-order chi connectivity index (χ1) is 6.33. The Labute approximate surface area is 85.1 Å². The van der Waals surface area contributed by atoms with Crippen molar-refractivity contribution in [2.75, 3.05) is 18.8 Å². The van der Waals surface area contributed by atoms with Gasteiger partial charge < -0.3 is 10.6 Å². The average molecular weight is 202 g/mol. The molecule has 0 aromatic heterocycles. The first kappa shape index (κ1) is 10.9. The van der Waals surface area contributed by atoms with E-state index in [4.69, 9.17) is 0 Å². The van der Waals surface area contributed by atoms with Crippen LogP contribution >= 0.6 is 12.6 Å². The highest BCUT2D eigenvalue weighted by Gasteiger charge is 2.12. The topological polar surface area (TPSA) is 41.1 Å². The summed E-state index contributed by atoms with van der Waals surface area (Å²) in [6.07, 6.45) is 4.48. The van der Waals surface area contributed by atoms with Crippen molar-refractivity contribution >= 4 is 18.5 Å². The van der Waals surface area contributed by atoms with E-state index >= 15 is 0 Å². The van der Waals surface area contributed by atoms with Crippen LogP contribution in [-0.2, 0) is 4.79 Å². The minimum absolute atomic E-state index is 0.0573. The molecule has 0 saturated carbocycles. The zero-order chi connectivity index (χ0) is 9.52. The van der Waals surface area contributed by atoms with Crippen LogP contribution in [0.3, 0.4) is 0 Å². The van der Waals surface area contributed by atoms with Crippen molar-refractivity contribution in [1.29, 1.82) is 0 Å². The van der Waals surface area contributed by atoms with Crippen molar-refractivity contribution in [1.82, 2.24) is 10.6 Å². The molecule has 1 heterocycles. The van der Waals surface area contributed by atoms with Crippen LogP contribution < -0.4 is 10.6 Å². The van der Waals surface area contributed by atoms with E-state index in [-0.39, 0.29) is 5.91 Å². The predicted molar refractivity (Wildman–Crippen MR) is 57.1 cm³/mol. The van der Waals surface area contributed by atoms with Crippen LogP contribution in [0.15, 0.2) is 0 Å². The van der Waals surface area contributed by atoms with Gasteiger partial charge >= 0.3 is 0 Å². The Morgan fingerprint density at radius 3 is 2.54 bits per heavy atom. The van der Waals surface area contributed by atoms with Crippen molar-refractivity contribution in [2.45, 2.75) is 31.7 Å². The number of thiol groups is 1. The predicted octanol–water partition coefficient (Wildman–Crippen LogP) is 0.565. The summed E-state index contributed by atoms with van der Waals surface area (Å²) in [4.78, 5) is 11.1. The van der Waals surface area contributed by atoms with Gasteiger partial charge in [-0.05, 0) is 38.8 Å². The summed E-state index contributed by atoms with van der Waals surface area (Å²) in [5, 5.41) is 6.34. The highest BCUT2D eigenvalue weighted by molar-refractivity contribution is 7.81. The molecule has 4 heteroatoms. The third kappa shape index (κ3) is 4.52. The maximum Gasteiger partial charge on any atom is 0.229 e. The fraction of sp³-hybridized carbons (Fsp3) is 0.889. The zero-order valence-electron chi connectivity index (χ0n) is 7.88. The molecule has 76 valence electrons. The Morgan fingerprint density at radius 1 is 1.38 bits per heavy atom. The van der Waals surface area contributed by atoms with Crippen molar-refractivity contribution in [3.63, 3.8) is 0 Å². The SMILES string of the molecule is O=C(CS)NC1CCCNCCC1. The van der Waals surface area contributed by atoms with Gasteiger partial charge in [-0.25, -0.2) is 0 Å². The molecule has 1 rings (SSSR count). The van der Waals surface area contributed by atoms with E-state index in [9.17, 15) is 4.79 Å². The van der Waals surface area contributed by atoms with Crippen LogP contribution in [0.25, 0.3) is 0 Å². The molecule has 0 aromatic carbocycles. The first-order valence-electron chi connectivity index (χ1n) is 4.94. The van der Waals surface area contributed by atoms with Gasteiger partial charge in [-0.3, -0.25) is 4.79 Å². The van der Waals surface area contributed by atoms with Crippen LogP contribution in [0.4, 0.5) is 0 Å². The molecular weight excluding hydrogens is 184 g/mol. The molecule has 1 aliphatic heterocycles. The van der Waals surface area contributed by atoms with Gasteiger partial charge in [-0.15, -0.1) is 0 Å². The number of rotatable bonds is 2. The lowest BCUT2D eigenvalue weighted by molar-refractivity contribution is -0.119. The number of hydrogen-bond donors (Lipinski definition) is 3. The molecule has 1 aliphatic rings. The van der Waals surface area contributed by atoms with Crippen LogP contribution in [0, 0.1) is 0 Å². The quantitative estimate of drug-likeness (QED) is 0.573. The molecular formula is C9H18N2OS. The van der Waals surface area contributed by atoms with Gasteiger partial charge in [0.25, 0.3) is 0 Å².